The van der Waals surface area contributed by atoms with Crippen LogP contribution in [0.4, 0.5) is 0 Å². The molecule has 0 aliphatic carbocycles. The number of carbonyl (C=O) groups excluding carboxylic acids is 2. The lowest BCUT2D eigenvalue weighted by molar-refractivity contribution is -0.132. The third-order valence-electron chi connectivity index (χ3n) is 4.21. The van der Waals surface area contributed by atoms with E-state index in [1.165, 1.54) is 16.7 Å². The highest BCUT2D eigenvalue weighted by Gasteiger charge is 2.15. The van der Waals surface area contributed by atoms with Gasteiger partial charge in [0.25, 0.3) is 0 Å². The van der Waals surface area contributed by atoms with Crippen LogP contribution in [0.15, 0.2) is 35.7 Å². The number of likely N-dealkylation sites (N-methyl/N-ethyl adjacent to an activating group) is 1. The zero-order chi connectivity index (χ0) is 20.5. The number of benzene rings is 1. The fraction of sp³-hybridized carbons (Fsp3) is 0.450. The molecule has 0 saturated heterocycles. The molecule has 1 N–H and O–H groups in total. The molecule has 1 aromatic heterocycles. The quantitative estimate of drug-likeness (QED) is 0.485. The van der Waals surface area contributed by atoms with E-state index in [0.717, 1.165) is 28.4 Å². The van der Waals surface area contributed by atoms with Crippen LogP contribution < -0.4 is 5.32 Å². The molecule has 0 aliphatic heterocycles. The Morgan fingerprint density at radius 2 is 2.11 bits per heavy atom. The first-order valence-corrected chi connectivity index (χ1v) is 10.1. The van der Waals surface area contributed by atoms with Crippen molar-refractivity contribution in [3.63, 3.8) is 0 Å². The summed E-state index contributed by atoms with van der Waals surface area (Å²) in [4.78, 5) is 30.1. The van der Waals surface area contributed by atoms with Crippen LogP contribution in [-0.2, 0) is 14.3 Å². The van der Waals surface area contributed by atoms with Crippen LogP contribution in [0.5, 0.6) is 0 Å². The summed E-state index contributed by atoms with van der Waals surface area (Å²) >= 11 is 1.36. The van der Waals surface area contributed by atoms with Crippen molar-refractivity contribution in [3.8, 4) is 5.69 Å². The molecule has 0 fully saturated rings. The number of ether oxygens (including phenoxy) is 1. The number of nitrogens with one attached hydrogen (secondary N) is 1. The molecule has 7 nitrogen and oxygen atoms in total. The molecule has 2 amide bonds. The van der Waals surface area contributed by atoms with Crippen LogP contribution >= 0.6 is 11.8 Å². The molecule has 0 saturated carbocycles. The topological polar surface area (TPSA) is 76.5 Å². The Morgan fingerprint density at radius 1 is 1.32 bits per heavy atom. The minimum Gasteiger partial charge on any atom is -0.385 e. The van der Waals surface area contributed by atoms with Gasteiger partial charge in [0.2, 0.25) is 11.8 Å². The number of amides is 2. The molecule has 2 rings (SSSR count). The Labute approximate surface area is 170 Å². The molecule has 0 atom stereocenters. The van der Waals surface area contributed by atoms with E-state index in [-0.39, 0.29) is 24.1 Å². The van der Waals surface area contributed by atoms with Gasteiger partial charge in [-0.25, -0.2) is 4.98 Å². The van der Waals surface area contributed by atoms with E-state index in [4.69, 9.17) is 4.74 Å². The predicted octanol–water partition coefficient (Wildman–Crippen LogP) is 2.19. The van der Waals surface area contributed by atoms with Gasteiger partial charge in [0.1, 0.15) is 0 Å². The lowest BCUT2D eigenvalue weighted by atomic mass is 10.1. The van der Waals surface area contributed by atoms with Gasteiger partial charge < -0.3 is 15.0 Å². The smallest absolute Gasteiger partial charge is 0.239 e. The van der Waals surface area contributed by atoms with Crippen molar-refractivity contribution in [1.29, 1.82) is 0 Å². The van der Waals surface area contributed by atoms with Crippen molar-refractivity contribution in [2.75, 3.05) is 39.6 Å². The summed E-state index contributed by atoms with van der Waals surface area (Å²) in [7, 11) is 3.26. The fourth-order valence-electron chi connectivity index (χ4n) is 2.60. The summed E-state index contributed by atoms with van der Waals surface area (Å²) in [6.45, 7) is 5.27. The summed E-state index contributed by atoms with van der Waals surface area (Å²) in [5.74, 6) is -0.0728. The highest BCUT2D eigenvalue weighted by atomic mass is 32.2. The third kappa shape index (κ3) is 6.38. The molecule has 152 valence electrons. The van der Waals surface area contributed by atoms with Crippen molar-refractivity contribution in [3.05, 3.63) is 41.7 Å². The van der Waals surface area contributed by atoms with Gasteiger partial charge in [-0.15, -0.1) is 0 Å². The number of thioether (sulfide) groups is 1. The second kappa shape index (κ2) is 10.9. The van der Waals surface area contributed by atoms with Gasteiger partial charge in [0, 0.05) is 39.7 Å². The number of hydrogen-bond donors (Lipinski definition) is 1. The summed E-state index contributed by atoms with van der Waals surface area (Å²) in [5, 5.41) is 3.53. The van der Waals surface area contributed by atoms with Crippen molar-refractivity contribution < 1.29 is 14.3 Å². The fourth-order valence-corrected chi connectivity index (χ4v) is 3.51. The average molecular weight is 405 g/mol. The standard InChI is InChI=1S/C20H28N4O3S/c1-15-6-7-16(2)17(12-15)24-10-9-22-20(24)28-14-19(26)23(3)13-18(25)21-8-5-11-27-4/h6-7,9-10,12H,5,8,11,13-14H2,1-4H3,(H,21,25). The van der Waals surface area contributed by atoms with Crippen LogP contribution in [0, 0.1) is 13.8 Å². The predicted molar refractivity (Wildman–Crippen MR) is 111 cm³/mol. The van der Waals surface area contributed by atoms with Gasteiger partial charge in [0.05, 0.1) is 18.0 Å². The number of aromatic nitrogens is 2. The zero-order valence-corrected chi connectivity index (χ0v) is 17.7. The number of rotatable bonds is 10. The van der Waals surface area contributed by atoms with Gasteiger partial charge in [-0.1, -0.05) is 23.9 Å². The Kier molecular flexibility index (Phi) is 8.53. The van der Waals surface area contributed by atoms with Crippen LogP contribution in [0.1, 0.15) is 17.5 Å². The maximum Gasteiger partial charge on any atom is 0.239 e. The molecular weight excluding hydrogens is 376 g/mol. The number of nitrogens with zero attached hydrogens (tertiary/aromatic N) is 3. The number of methoxy groups -OCH3 is 1. The van der Waals surface area contributed by atoms with E-state index in [1.807, 2.05) is 24.6 Å². The van der Waals surface area contributed by atoms with Crippen molar-refractivity contribution in [1.82, 2.24) is 19.8 Å². The summed E-state index contributed by atoms with van der Waals surface area (Å²) in [6, 6.07) is 6.24. The van der Waals surface area contributed by atoms with Crippen LogP contribution in [-0.4, -0.2) is 65.9 Å². The first-order valence-electron chi connectivity index (χ1n) is 9.15. The van der Waals surface area contributed by atoms with E-state index in [0.29, 0.717) is 13.2 Å². The Hall–Kier alpha value is -2.32. The maximum absolute atomic E-state index is 12.4. The molecule has 0 unspecified atom stereocenters. The van der Waals surface area contributed by atoms with Gasteiger partial charge >= 0.3 is 0 Å². The molecule has 1 aromatic carbocycles. The lowest BCUT2D eigenvalue weighted by Crippen LogP contribution is -2.39. The van der Waals surface area contributed by atoms with E-state index in [2.05, 4.69) is 28.5 Å². The molecule has 0 radical (unpaired) electrons. The second-order valence-corrected chi connectivity index (χ2v) is 7.55. The first-order chi connectivity index (χ1) is 13.4. The average Bonchev–Trinajstić information content (AvgIpc) is 3.13. The third-order valence-corrected chi connectivity index (χ3v) is 5.16. The number of hydrogen-bond acceptors (Lipinski definition) is 5. The molecule has 2 aromatic rings. The molecule has 0 spiro atoms. The Bertz CT molecular complexity index is 806. The molecule has 0 bridgehead atoms. The van der Waals surface area contributed by atoms with Gasteiger partial charge in [-0.3, -0.25) is 14.2 Å². The van der Waals surface area contributed by atoms with Crippen LogP contribution in [0.2, 0.25) is 0 Å². The minimum absolute atomic E-state index is 0.0395. The van der Waals surface area contributed by atoms with Crippen LogP contribution in [0.3, 0.4) is 0 Å². The SMILES string of the molecule is COCCCNC(=O)CN(C)C(=O)CSc1nccn1-c1cc(C)ccc1C. The highest BCUT2D eigenvalue weighted by Crippen LogP contribution is 2.23. The minimum atomic E-state index is -0.172. The highest BCUT2D eigenvalue weighted by molar-refractivity contribution is 7.99. The van der Waals surface area contributed by atoms with Crippen molar-refractivity contribution in [2.45, 2.75) is 25.4 Å². The van der Waals surface area contributed by atoms with E-state index in [9.17, 15) is 9.59 Å². The number of carbonyl (C=O) groups is 2. The van der Waals surface area contributed by atoms with Gasteiger partial charge in [-0.2, -0.15) is 0 Å². The maximum atomic E-state index is 12.4. The van der Waals surface area contributed by atoms with Crippen molar-refractivity contribution >= 4 is 23.6 Å². The van der Waals surface area contributed by atoms with E-state index >= 15 is 0 Å². The molecule has 28 heavy (non-hydrogen) atoms. The van der Waals surface area contributed by atoms with Gasteiger partial charge in [-0.05, 0) is 37.5 Å². The molecule has 8 heteroatoms. The lowest BCUT2D eigenvalue weighted by Gasteiger charge is -2.17. The van der Waals surface area contributed by atoms with Crippen LogP contribution in [0.25, 0.3) is 5.69 Å². The summed E-state index contributed by atoms with van der Waals surface area (Å²) in [5.41, 5.74) is 3.35. The summed E-state index contributed by atoms with van der Waals surface area (Å²) < 4.78 is 6.93. The molecule has 0 aliphatic rings. The first kappa shape index (κ1) is 22.0. The Morgan fingerprint density at radius 3 is 2.86 bits per heavy atom. The van der Waals surface area contributed by atoms with Crippen molar-refractivity contribution in [2.24, 2.45) is 0 Å². The molecular formula is C20H28N4O3S. The van der Waals surface area contributed by atoms with E-state index in [1.54, 1.807) is 20.4 Å². The molecule has 1 heterocycles. The second-order valence-electron chi connectivity index (χ2n) is 6.60. The monoisotopic (exact) mass is 404 g/mol. The zero-order valence-electron chi connectivity index (χ0n) is 16.9. The largest absolute Gasteiger partial charge is 0.385 e. The van der Waals surface area contributed by atoms with Gasteiger partial charge in [0.15, 0.2) is 5.16 Å². The number of imidazole rings is 1. The normalized spacial score (nSPS) is 10.7. The van der Waals surface area contributed by atoms with E-state index < -0.39 is 0 Å². The number of aryl methyl sites for hydroxylation is 2. The Balaban J connectivity index is 1.89. The summed E-state index contributed by atoms with van der Waals surface area (Å²) in [6.07, 6.45) is 4.37.